The van der Waals surface area contributed by atoms with Gasteiger partial charge in [-0.15, -0.1) is 0 Å². The number of aromatic nitrogens is 3. The molecule has 1 amide bonds. The first kappa shape index (κ1) is 21.1. The molecular formula is C24H28ClN5O2. The summed E-state index contributed by atoms with van der Waals surface area (Å²) in [5.41, 5.74) is 3.31. The quantitative estimate of drug-likeness (QED) is 0.574. The van der Waals surface area contributed by atoms with Crippen LogP contribution < -0.4 is 9.64 Å². The number of carbonyl (C=O) groups is 1. The van der Waals surface area contributed by atoms with Gasteiger partial charge in [0.25, 0.3) is 5.91 Å². The molecule has 3 aromatic rings. The topological polar surface area (TPSA) is 63.0 Å². The zero-order chi connectivity index (χ0) is 22.2. The number of hydrogen-bond acceptors (Lipinski definition) is 5. The fraction of sp³-hybridized carbons (Fsp3) is 0.458. The smallest absolute Gasteiger partial charge is 0.258 e. The summed E-state index contributed by atoms with van der Waals surface area (Å²) in [5, 5.41) is 5.35. The highest BCUT2D eigenvalue weighted by atomic mass is 35.5. The average Bonchev–Trinajstić information content (AvgIpc) is 3.48. The van der Waals surface area contributed by atoms with Crippen LogP contribution in [0.2, 0.25) is 5.02 Å². The summed E-state index contributed by atoms with van der Waals surface area (Å²) in [6.45, 7) is 4.87. The number of piperidine rings is 1. The van der Waals surface area contributed by atoms with Gasteiger partial charge >= 0.3 is 0 Å². The molecule has 4 heterocycles. The van der Waals surface area contributed by atoms with E-state index in [1.165, 1.54) is 12.8 Å². The predicted molar refractivity (Wildman–Crippen MR) is 125 cm³/mol. The van der Waals surface area contributed by atoms with Crippen LogP contribution in [0, 0.1) is 6.92 Å². The molecule has 32 heavy (non-hydrogen) atoms. The molecule has 2 aliphatic heterocycles. The van der Waals surface area contributed by atoms with Crippen molar-refractivity contribution >= 4 is 29.0 Å². The van der Waals surface area contributed by atoms with Crippen molar-refractivity contribution in [2.24, 2.45) is 0 Å². The van der Waals surface area contributed by atoms with E-state index < -0.39 is 0 Å². The summed E-state index contributed by atoms with van der Waals surface area (Å²) in [6.07, 6.45) is 7.37. The summed E-state index contributed by atoms with van der Waals surface area (Å²) < 4.78 is 7.28. The largest absolute Gasteiger partial charge is 0.496 e. The number of nitrogens with zero attached hydrogens (tertiary/aromatic N) is 5. The van der Waals surface area contributed by atoms with Crippen LogP contribution in [0.1, 0.15) is 59.8 Å². The minimum Gasteiger partial charge on any atom is -0.496 e. The van der Waals surface area contributed by atoms with Crippen LogP contribution in [0.4, 0.5) is 5.82 Å². The van der Waals surface area contributed by atoms with E-state index in [1.54, 1.807) is 25.3 Å². The van der Waals surface area contributed by atoms with Crippen molar-refractivity contribution in [3.8, 4) is 5.75 Å². The Kier molecular flexibility index (Phi) is 5.67. The number of likely N-dealkylation sites (tertiary alicyclic amines) is 1. The van der Waals surface area contributed by atoms with Crippen LogP contribution in [0.25, 0.3) is 5.65 Å². The summed E-state index contributed by atoms with van der Waals surface area (Å²) >= 11 is 6.19. The van der Waals surface area contributed by atoms with Crippen molar-refractivity contribution in [1.82, 2.24) is 19.5 Å². The molecule has 8 heteroatoms. The fourth-order valence-electron chi connectivity index (χ4n) is 4.92. The first-order valence-corrected chi connectivity index (χ1v) is 11.7. The number of aryl methyl sites for hydroxylation is 1. The van der Waals surface area contributed by atoms with Crippen molar-refractivity contribution in [2.75, 3.05) is 31.6 Å². The molecular weight excluding hydrogens is 426 g/mol. The van der Waals surface area contributed by atoms with Crippen LogP contribution >= 0.6 is 11.6 Å². The van der Waals surface area contributed by atoms with Crippen molar-refractivity contribution < 1.29 is 9.53 Å². The normalized spacial score (nSPS) is 19.0. The van der Waals surface area contributed by atoms with Crippen LogP contribution in [0.5, 0.6) is 5.75 Å². The van der Waals surface area contributed by atoms with E-state index in [4.69, 9.17) is 26.4 Å². The first-order chi connectivity index (χ1) is 15.5. The van der Waals surface area contributed by atoms with Crippen LogP contribution in [-0.4, -0.2) is 52.1 Å². The average molecular weight is 454 g/mol. The van der Waals surface area contributed by atoms with Gasteiger partial charge in [-0.3, -0.25) is 4.79 Å². The second kappa shape index (κ2) is 8.62. The first-order valence-electron chi connectivity index (χ1n) is 11.3. The summed E-state index contributed by atoms with van der Waals surface area (Å²) in [4.78, 5) is 22.7. The van der Waals surface area contributed by atoms with Gasteiger partial charge in [0, 0.05) is 42.5 Å². The monoisotopic (exact) mass is 453 g/mol. The lowest BCUT2D eigenvalue weighted by atomic mass is 9.98. The number of anilines is 1. The van der Waals surface area contributed by atoms with E-state index in [0.717, 1.165) is 55.1 Å². The maximum Gasteiger partial charge on any atom is 0.258 e. The molecule has 2 aromatic heterocycles. The van der Waals surface area contributed by atoms with E-state index in [-0.39, 0.29) is 11.9 Å². The molecule has 2 aliphatic rings. The number of hydrogen-bond donors (Lipinski definition) is 0. The molecule has 168 valence electrons. The van der Waals surface area contributed by atoms with Gasteiger partial charge < -0.3 is 14.5 Å². The van der Waals surface area contributed by atoms with E-state index in [1.807, 2.05) is 15.5 Å². The molecule has 0 aliphatic carbocycles. The predicted octanol–water partition coefficient (Wildman–Crippen LogP) is 4.67. The lowest BCUT2D eigenvalue weighted by Crippen LogP contribution is -2.38. The zero-order valence-corrected chi connectivity index (χ0v) is 19.3. The van der Waals surface area contributed by atoms with Gasteiger partial charge in [-0.05, 0) is 57.2 Å². The third-order valence-corrected chi connectivity index (χ3v) is 6.76. The number of amides is 1. The maximum atomic E-state index is 13.5. The number of benzene rings is 1. The van der Waals surface area contributed by atoms with Crippen molar-refractivity contribution in [3.05, 3.63) is 52.3 Å². The Labute approximate surface area is 192 Å². The number of ether oxygens (including phenoxy) is 1. The van der Waals surface area contributed by atoms with Gasteiger partial charge in [-0.2, -0.15) is 5.10 Å². The minimum atomic E-state index is -0.0998. The third kappa shape index (κ3) is 3.79. The van der Waals surface area contributed by atoms with Crippen molar-refractivity contribution in [2.45, 2.75) is 45.1 Å². The van der Waals surface area contributed by atoms with Gasteiger partial charge in [0.15, 0.2) is 5.65 Å². The molecule has 0 spiro atoms. The summed E-state index contributed by atoms with van der Waals surface area (Å²) in [5.74, 6) is 1.50. The number of halogens is 1. The molecule has 1 aromatic carbocycles. The minimum absolute atomic E-state index is 0.0759. The summed E-state index contributed by atoms with van der Waals surface area (Å²) in [6, 6.07) is 7.10. The fourth-order valence-corrected chi connectivity index (χ4v) is 5.09. The van der Waals surface area contributed by atoms with Gasteiger partial charge in [0.1, 0.15) is 11.6 Å². The van der Waals surface area contributed by atoms with Gasteiger partial charge in [0.05, 0.1) is 24.4 Å². The highest BCUT2D eigenvalue weighted by molar-refractivity contribution is 6.31. The van der Waals surface area contributed by atoms with Crippen LogP contribution in [-0.2, 0) is 0 Å². The van der Waals surface area contributed by atoms with Gasteiger partial charge in [-0.25, -0.2) is 9.50 Å². The molecule has 0 bridgehead atoms. The molecule has 0 N–H and O–H groups in total. The third-order valence-electron chi connectivity index (χ3n) is 6.53. The maximum absolute atomic E-state index is 13.5. The Morgan fingerprint density at radius 2 is 1.91 bits per heavy atom. The Morgan fingerprint density at radius 3 is 2.69 bits per heavy atom. The van der Waals surface area contributed by atoms with Crippen molar-refractivity contribution in [3.63, 3.8) is 0 Å². The highest BCUT2D eigenvalue weighted by Crippen LogP contribution is 2.34. The number of fused-ring (bicyclic) bond motifs is 1. The Hall–Kier alpha value is -2.80. The zero-order valence-electron chi connectivity index (χ0n) is 18.6. The van der Waals surface area contributed by atoms with E-state index in [0.29, 0.717) is 22.9 Å². The molecule has 2 saturated heterocycles. The molecule has 1 unspecified atom stereocenters. The lowest BCUT2D eigenvalue weighted by Gasteiger charge is -2.35. The Morgan fingerprint density at radius 1 is 1.12 bits per heavy atom. The number of rotatable bonds is 4. The number of methoxy groups -OCH3 is 1. The van der Waals surface area contributed by atoms with E-state index >= 15 is 0 Å². The molecule has 0 saturated carbocycles. The lowest BCUT2D eigenvalue weighted by molar-refractivity contribution is 0.0602. The van der Waals surface area contributed by atoms with Crippen LogP contribution in [0.15, 0.2) is 30.5 Å². The summed E-state index contributed by atoms with van der Waals surface area (Å²) in [7, 11) is 1.57. The highest BCUT2D eigenvalue weighted by Gasteiger charge is 2.32. The molecule has 1 atom stereocenters. The Bertz CT molecular complexity index is 1150. The SMILES string of the molecule is COc1ccc(Cl)cc1C(=O)N1CCCCC1c1cc2nc(N3CCCC3)c(C)cn2n1. The number of carbonyl (C=O) groups excluding carboxylic acids is 1. The second-order valence-electron chi connectivity index (χ2n) is 8.67. The molecule has 2 fully saturated rings. The second-order valence-corrected chi connectivity index (χ2v) is 9.10. The van der Waals surface area contributed by atoms with E-state index in [2.05, 4.69) is 18.0 Å². The van der Waals surface area contributed by atoms with Gasteiger partial charge in [0.2, 0.25) is 0 Å². The van der Waals surface area contributed by atoms with Gasteiger partial charge in [-0.1, -0.05) is 11.6 Å². The van der Waals surface area contributed by atoms with E-state index in [9.17, 15) is 4.79 Å². The molecule has 7 nitrogen and oxygen atoms in total. The Balaban J connectivity index is 1.49. The standard InChI is InChI=1S/C24H28ClN5O2/c1-16-15-30-22(26-23(16)28-10-5-6-11-28)14-19(27-30)20-7-3-4-12-29(20)24(31)18-13-17(25)8-9-21(18)32-2/h8-9,13-15,20H,3-7,10-12H2,1-2H3. The molecule has 0 radical (unpaired) electrons. The van der Waals surface area contributed by atoms with Crippen molar-refractivity contribution in [1.29, 1.82) is 0 Å². The van der Waals surface area contributed by atoms with Crippen LogP contribution in [0.3, 0.4) is 0 Å². The molecule has 5 rings (SSSR count).